The molecule has 1 fully saturated rings. The molecular weight excluding hydrogens is 279 g/mol. The minimum absolute atomic E-state index is 0.0243. The first-order chi connectivity index (χ1) is 10.7. The van der Waals surface area contributed by atoms with Gasteiger partial charge in [0.05, 0.1) is 0 Å². The fourth-order valence-electron chi connectivity index (χ4n) is 2.99. The van der Waals surface area contributed by atoms with E-state index in [1.54, 1.807) is 12.1 Å². The Morgan fingerprint density at radius 3 is 2.73 bits per heavy atom. The molecule has 22 heavy (non-hydrogen) atoms. The minimum Gasteiger partial charge on any atom is -0.326 e. The van der Waals surface area contributed by atoms with Gasteiger partial charge in [-0.15, -0.1) is 0 Å². The molecular formula is C18H27FN2O. The molecule has 0 atom stereocenters. The number of unbranched alkanes of at least 4 members (excludes halogenated alkanes) is 3. The van der Waals surface area contributed by atoms with Crippen LogP contribution in [-0.2, 0) is 4.79 Å². The van der Waals surface area contributed by atoms with Crippen LogP contribution in [0.5, 0.6) is 0 Å². The van der Waals surface area contributed by atoms with Gasteiger partial charge < -0.3 is 10.2 Å². The van der Waals surface area contributed by atoms with Crippen molar-refractivity contribution in [3.8, 4) is 0 Å². The van der Waals surface area contributed by atoms with Crippen molar-refractivity contribution < 1.29 is 9.18 Å². The zero-order valence-electron chi connectivity index (χ0n) is 13.5. The number of halogens is 1. The summed E-state index contributed by atoms with van der Waals surface area (Å²) in [7, 11) is 0. The van der Waals surface area contributed by atoms with Crippen molar-refractivity contribution in [2.75, 3.05) is 25.0 Å². The van der Waals surface area contributed by atoms with Crippen molar-refractivity contribution in [3.63, 3.8) is 0 Å². The number of carbonyl (C=O) groups excluding carboxylic acids is 1. The SMILES string of the molecule is CCCCCCN1CCC(C(=O)Nc2cccc(F)c2)CC1. The molecule has 0 spiro atoms. The number of nitrogens with one attached hydrogen (secondary N) is 1. The summed E-state index contributed by atoms with van der Waals surface area (Å²) < 4.78 is 13.1. The van der Waals surface area contributed by atoms with Crippen LogP contribution < -0.4 is 5.32 Å². The maximum absolute atomic E-state index is 13.1. The Balaban J connectivity index is 1.71. The molecule has 0 aromatic heterocycles. The van der Waals surface area contributed by atoms with Crippen LogP contribution in [-0.4, -0.2) is 30.4 Å². The highest BCUT2D eigenvalue weighted by Gasteiger charge is 2.24. The molecule has 0 bridgehead atoms. The third-order valence-electron chi connectivity index (χ3n) is 4.38. The lowest BCUT2D eigenvalue weighted by Gasteiger charge is -2.31. The van der Waals surface area contributed by atoms with Crippen LogP contribution in [0.3, 0.4) is 0 Å². The van der Waals surface area contributed by atoms with Gasteiger partial charge in [-0.25, -0.2) is 4.39 Å². The van der Waals surface area contributed by atoms with Gasteiger partial charge >= 0.3 is 0 Å². The number of piperidine rings is 1. The number of carbonyl (C=O) groups is 1. The normalized spacial score (nSPS) is 16.6. The first-order valence-electron chi connectivity index (χ1n) is 8.48. The third kappa shape index (κ3) is 5.41. The Bertz CT molecular complexity index is 470. The molecule has 3 nitrogen and oxygen atoms in total. The summed E-state index contributed by atoms with van der Waals surface area (Å²) in [6.07, 6.45) is 6.93. The Hall–Kier alpha value is -1.42. The molecule has 0 radical (unpaired) electrons. The van der Waals surface area contributed by atoms with Crippen LogP contribution in [0.2, 0.25) is 0 Å². The summed E-state index contributed by atoms with van der Waals surface area (Å²) in [6.45, 7) is 5.36. The predicted octanol–water partition coefficient (Wildman–Crippen LogP) is 4.06. The van der Waals surface area contributed by atoms with E-state index in [-0.39, 0.29) is 17.6 Å². The highest BCUT2D eigenvalue weighted by Crippen LogP contribution is 2.20. The second kappa shape index (κ2) is 8.89. The highest BCUT2D eigenvalue weighted by atomic mass is 19.1. The molecule has 1 amide bonds. The van der Waals surface area contributed by atoms with Crippen LogP contribution in [0.4, 0.5) is 10.1 Å². The Morgan fingerprint density at radius 2 is 2.05 bits per heavy atom. The van der Waals surface area contributed by atoms with E-state index < -0.39 is 0 Å². The van der Waals surface area contributed by atoms with Gasteiger partial charge in [-0.05, 0) is 57.1 Å². The first kappa shape index (κ1) is 16.9. The quantitative estimate of drug-likeness (QED) is 0.771. The summed E-state index contributed by atoms with van der Waals surface area (Å²) in [6, 6.07) is 6.08. The number of amides is 1. The number of hydrogen-bond donors (Lipinski definition) is 1. The van der Waals surface area contributed by atoms with Gasteiger partial charge in [-0.2, -0.15) is 0 Å². The predicted molar refractivity (Wildman–Crippen MR) is 88.3 cm³/mol. The molecule has 1 heterocycles. The second-order valence-corrected chi connectivity index (χ2v) is 6.18. The number of nitrogens with zero attached hydrogens (tertiary/aromatic N) is 1. The molecule has 1 N–H and O–H groups in total. The summed E-state index contributed by atoms with van der Waals surface area (Å²) in [4.78, 5) is 14.7. The standard InChI is InChI=1S/C18H27FN2O/c1-2-3-4-5-11-21-12-9-15(10-13-21)18(22)20-17-8-6-7-16(19)14-17/h6-8,14-15H,2-5,9-13H2,1H3,(H,20,22). The largest absolute Gasteiger partial charge is 0.326 e. The Labute approximate surface area is 132 Å². The average Bonchev–Trinajstić information content (AvgIpc) is 2.52. The summed E-state index contributed by atoms with van der Waals surface area (Å²) in [5.41, 5.74) is 0.548. The van der Waals surface area contributed by atoms with Crippen molar-refractivity contribution in [1.82, 2.24) is 4.90 Å². The third-order valence-corrected chi connectivity index (χ3v) is 4.38. The summed E-state index contributed by atoms with van der Waals surface area (Å²) in [5.74, 6) is -0.244. The number of likely N-dealkylation sites (tertiary alicyclic amines) is 1. The molecule has 122 valence electrons. The van der Waals surface area contributed by atoms with Gasteiger partial charge in [0, 0.05) is 11.6 Å². The van der Waals surface area contributed by atoms with Crippen LogP contribution in [0, 0.1) is 11.7 Å². The molecule has 1 aromatic carbocycles. The van der Waals surface area contributed by atoms with E-state index in [2.05, 4.69) is 17.1 Å². The first-order valence-corrected chi connectivity index (χ1v) is 8.48. The zero-order valence-corrected chi connectivity index (χ0v) is 13.5. The topological polar surface area (TPSA) is 32.3 Å². The molecule has 0 aliphatic carbocycles. The van der Waals surface area contributed by atoms with Crippen LogP contribution in [0.25, 0.3) is 0 Å². The van der Waals surface area contributed by atoms with Crippen molar-refractivity contribution in [2.45, 2.75) is 45.4 Å². The van der Waals surface area contributed by atoms with Gasteiger partial charge in [0.1, 0.15) is 5.82 Å². The van der Waals surface area contributed by atoms with Crippen molar-refractivity contribution in [3.05, 3.63) is 30.1 Å². The molecule has 1 aliphatic rings. The highest BCUT2D eigenvalue weighted by molar-refractivity contribution is 5.92. The second-order valence-electron chi connectivity index (χ2n) is 6.18. The lowest BCUT2D eigenvalue weighted by atomic mass is 9.95. The van der Waals surface area contributed by atoms with Gasteiger partial charge in [-0.3, -0.25) is 4.79 Å². The van der Waals surface area contributed by atoms with E-state index in [0.717, 1.165) is 32.5 Å². The molecule has 0 saturated carbocycles. The molecule has 2 rings (SSSR count). The van der Waals surface area contributed by atoms with Gasteiger partial charge in [0.25, 0.3) is 0 Å². The van der Waals surface area contributed by atoms with E-state index in [1.165, 1.54) is 37.8 Å². The zero-order chi connectivity index (χ0) is 15.8. The fourth-order valence-corrected chi connectivity index (χ4v) is 2.99. The smallest absolute Gasteiger partial charge is 0.227 e. The maximum atomic E-state index is 13.1. The molecule has 4 heteroatoms. The average molecular weight is 306 g/mol. The van der Waals surface area contributed by atoms with Crippen LogP contribution in [0.1, 0.15) is 45.4 Å². The van der Waals surface area contributed by atoms with Crippen molar-refractivity contribution >= 4 is 11.6 Å². The van der Waals surface area contributed by atoms with E-state index in [9.17, 15) is 9.18 Å². The molecule has 1 aromatic rings. The Kier molecular flexibility index (Phi) is 6.84. The lowest BCUT2D eigenvalue weighted by molar-refractivity contribution is -0.121. The number of hydrogen-bond acceptors (Lipinski definition) is 2. The van der Waals surface area contributed by atoms with E-state index >= 15 is 0 Å². The summed E-state index contributed by atoms with van der Waals surface area (Å²) in [5, 5.41) is 2.83. The van der Waals surface area contributed by atoms with Gasteiger partial charge in [0.2, 0.25) is 5.91 Å². The van der Waals surface area contributed by atoms with Crippen molar-refractivity contribution in [2.24, 2.45) is 5.92 Å². The number of rotatable bonds is 7. The maximum Gasteiger partial charge on any atom is 0.227 e. The van der Waals surface area contributed by atoms with Gasteiger partial charge in [0.15, 0.2) is 0 Å². The van der Waals surface area contributed by atoms with Gasteiger partial charge in [-0.1, -0.05) is 32.3 Å². The number of anilines is 1. The lowest BCUT2D eigenvalue weighted by Crippen LogP contribution is -2.38. The van der Waals surface area contributed by atoms with Crippen LogP contribution in [0.15, 0.2) is 24.3 Å². The fraction of sp³-hybridized carbons (Fsp3) is 0.611. The molecule has 0 unspecified atom stereocenters. The Morgan fingerprint density at radius 1 is 1.27 bits per heavy atom. The monoisotopic (exact) mass is 306 g/mol. The molecule has 1 saturated heterocycles. The number of benzene rings is 1. The summed E-state index contributed by atoms with van der Waals surface area (Å²) >= 11 is 0. The van der Waals surface area contributed by atoms with Crippen molar-refractivity contribution in [1.29, 1.82) is 0 Å². The minimum atomic E-state index is -0.320. The van der Waals surface area contributed by atoms with E-state index in [0.29, 0.717) is 5.69 Å². The van der Waals surface area contributed by atoms with E-state index in [1.807, 2.05) is 0 Å². The van der Waals surface area contributed by atoms with Crippen LogP contribution >= 0.6 is 0 Å². The van der Waals surface area contributed by atoms with E-state index in [4.69, 9.17) is 0 Å². The molecule has 1 aliphatic heterocycles.